The Morgan fingerprint density at radius 2 is 1.29 bits per heavy atom. The van der Waals surface area contributed by atoms with Crippen LogP contribution in [0.1, 0.15) is 11.1 Å². The summed E-state index contributed by atoms with van der Waals surface area (Å²) in [6.07, 6.45) is 0. The molecular weight excluding hydrogens is 226 g/mol. The van der Waals surface area contributed by atoms with Crippen molar-refractivity contribution in [1.29, 1.82) is 0 Å². The van der Waals surface area contributed by atoms with E-state index in [2.05, 4.69) is 60.5 Å². The molecule has 2 heteroatoms. The van der Waals surface area contributed by atoms with Crippen LogP contribution in [0, 0.1) is 0 Å². The number of rotatable bonds is 0. The monoisotopic (exact) mass is 241 g/mol. The fourth-order valence-electron chi connectivity index (χ4n) is 2.22. The van der Waals surface area contributed by atoms with E-state index in [4.69, 9.17) is 0 Å². The molecule has 0 unspecified atom stereocenters. The van der Waals surface area contributed by atoms with E-state index in [9.17, 15) is 0 Å². The van der Waals surface area contributed by atoms with Crippen molar-refractivity contribution in [1.82, 2.24) is 4.90 Å². The first-order valence-corrected chi connectivity index (χ1v) is 6.67. The molecule has 0 saturated heterocycles. The lowest BCUT2D eigenvalue weighted by Gasteiger charge is -2.23. The van der Waals surface area contributed by atoms with Gasteiger partial charge in [0.2, 0.25) is 0 Å². The molecule has 0 bridgehead atoms. The molecule has 1 heterocycles. The van der Waals surface area contributed by atoms with Crippen LogP contribution in [0.25, 0.3) is 0 Å². The Morgan fingerprint density at radius 3 is 1.82 bits per heavy atom. The number of benzene rings is 2. The zero-order valence-corrected chi connectivity index (χ0v) is 10.7. The molecule has 0 saturated carbocycles. The molecular formula is C15H15NS. The second-order valence-corrected chi connectivity index (χ2v) is 5.57. The lowest BCUT2D eigenvalue weighted by Crippen LogP contribution is -2.19. The second-order valence-electron chi connectivity index (χ2n) is 4.49. The zero-order chi connectivity index (χ0) is 11.7. The van der Waals surface area contributed by atoms with Gasteiger partial charge in [0, 0.05) is 22.9 Å². The normalized spacial score (nSPS) is 15.6. The van der Waals surface area contributed by atoms with Crippen molar-refractivity contribution in [2.24, 2.45) is 0 Å². The molecule has 0 aromatic heterocycles. The van der Waals surface area contributed by atoms with Gasteiger partial charge < -0.3 is 0 Å². The molecule has 0 atom stereocenters. The molecule has 17 heavy (non-hydrogen) atoms. The molecule has 86 valence electrons. The summed E-state index contributed by atoms with van der Waals surface area (Å²) in [5, 5.41) is 0. The van der Waals surface area contributed by atoms with Crippen LogP contribution in [-0.2, 0) is 13.1 Å². The average Bonchev–Trinajstić information content (AvgIpc) is 2.31. The van der Waals surface area contributed by atoms with Crippen molar-refractivity contribution < 1.29 is 0 Å². The number of nitrogens with zero attached hydrogens (tertiary/aromatic N) is 1. The van der Waals surface area contributed by atoms with E-state index >= 15 is 0 Å². The van der Waals surface area contributed by atoms with Crippen molar-refractivity contribution in [2.75, 3.05) is 7.05 Å². The smallest absolute Gasteiger partial charge is 0.0245 e. The SMILES string of the molecule is CN1Cc2ccccc2Sc2ccccc2C1. The highest BCUT2D eigenvalue weighted by Gasteiger charge is 2.14. The van der Waals surface area contributed by atoms with E-state index in [-0.39, 0.29) is 0 Å². The Hall–Kier alpha value is -1.25. The maximum Gasteiger partial charge on any atom is 0.0245 e. The molecule has 1 aliphatic heterocycles. The van der Waals surface area contributed by atoms with Gasteiger partial charge in [-0.1, -0.05) is 48.2 Å². The summed E-state index contributed by atoms with van der Waals surface area (Å²) in [6.45, 7) is 2.05. The van der Waals surface area contributed by atoms with Crippen molar-refractivity contribution >= 4 is 11.8 Å². The first-order chi connectivity index (χ1) is 8.33. The Balaban J connectivity index is 2.09. The minimum Gasteiger partial charge on any atom is -0.298 e. The van der Waals surface area contributed by atoms with Crippen LogP contribution in [0.5, 0.6) is 0 Å². The Labute approximate surface area is 106 Å². The van der Waals surface area contributed by atoms with Crippen LogP contribution in [0.15, 0.2) is 58.3 Å². The fourth-order valence-corrected chi connectivity index (χ4v) is 3.28. The summed E-state index contributed by atoms with van der Waals surface area (Å²) in [4.78, 5) is 5.13. The van der Waals surface area contributed by atoms with Crippen LogP contribution in [0.4, 0.5) is 0 Å². The lowest BCUT2D eigenvalue weighted by molar-refractivity contribution is 0.313. The molecule has 1 nitrogen and oxygen atoms in total. The minimum atomic E-state index is 1.03. The highest BCUT2D eigenvalue weighted by Crippen LogP contribution is 2.35. The van der Waals surface area contributed by atoms with Gasteiger partial charge in [-0.3, -0.25) is 4.90 Å². The van der Waals surface area contributed by atoms with Gasteiger partial charge in [-0.05, 0) is 30.3 Å². The van der Waals surface area contributed by atoms with Gasteiger partial charge in [0.1, 0.15) is 0 Å². The first kappa shape index (κ1) is 10.9. The minimum absolute atomic E-state index is 1.03. The van der Waals surface area contributed by atoms with Crippen molar-refractivity contribution in [3.05, 3.63) is 59.7 Å². The van der Waals surface area contributed by atoms with Gasteiger partial charge in [0.25, 0.3) is 0 Å². The Kier molecular flexibility index (Phi) is 2.91. The molecule has 3 rings (SSSR count). The summed E-state index contributed by atoms with van der Waals surface area (Å²) in [5.41, 5.74) is 2.85. The largest absolute Gasteiger partial charge is 0.298 e. The van der Waals surface area contributed by atoms with Gasteiger partial charge >= 0.3 is 0 Å². The molecule has 0 spiro atoms. The van der Waals surface area contributed by atoms with E-state index in [1.54, 1.807) is 0 Å². The molecule has 0 N–H and O–H groups in total. The molecule has 1 aliphatic rings. The highest BCUT2D eigenvalue weighted by atomic mass is 32.2. The molecule has 0 aliphatic carbocycles. The van der Waals surface area contributed by atoms with Gasteiger partial charge in [-0.2, -0.15) is 0 Å². The standard InChI is InChI=1S/C15H15NS/c1-16-10-12-6-2-4-8-14(12)17-15-9-5-3-7-13(15)11-16/h2-9H,10-11H2,1H3. The summed E-state index contributed by atoms with van der Waals surface area (Å²) >= 11 is 1.89. The average molecular weight is 241 g/mol. The fraction of sp³-hybridized carbons (Fsp3) is 0.200. The van der Waals surface area contributed by atoms with Crippen molar-refractivity contribution in [3.63, 3.8) is 0 Å². The molecule has 2 aromatic carbocycles. The van der Waals surface area contributed by atoms with E-state index < -0.39 is 0 Å². The topological polar surface area (TPSA) is 3.24 Å². The van der Waals surface area contributed by atoms with Crippen molar-refractivity contribution in [2.45, 2.75) is 22.9 Å². The maximum absolute atomic E-state index is 2.37. The van der Waals surface area contributed by atoms with Crippen LogP contribution >= 0.6 is 11.8 Å². The molecule has 2 aromatic rings. The van der Waals surface area contributed by atoms with E-state index in [1.165, 1.54) is 20.9 Å². The number of hydrogen-bond donors (Lipinski definition) is 0. The highest BCUT2D eigenvalue weighted by molar-refractivity contribution is 7.99. The predicted octanol–water partition coefficient (Wildman–Crippen LogP) is 3.78. The summed E-state index contributed by atoms with van der Waals surface area (Å²) in [7, 11) is 2.18. The molecule has 0 fully saturated rings. The molecule has 0 radical (unpaired) electrons. The van der Waals surface area contributed by atoms with Crippen molar-refractivity contribution in [3.8, 4) is 0 Å². The quantitative estimate of drug-likeness (QED) is 0.690. The summed E-state index contributed by atoms with van der Waals surface area (Å²) in [5.74, 6) is 0. The van der Waals surface area contributed by atoms with Crippen LogP contribution < -0.4 is 0 Å². The van der Waals surface area contributed by atoms with E-state index in [0.29, 0.717) is 0 Å². The van der Waals surface area contributed by atoms with Crippen LogP contribution in [0.2, 0.25) is 0 Å². The lowest BCUT2D eigenvalue weighted by atomic mass is 10.1. The third-order valence-electron chi connectivity index (χ3n) is 3.05. The summed E-state index contributed by atoms with van der Waals surface area (Å²) < 4.78 is 0. The Morgan fingerprint density at radius 1 is 0.824 bits per heavy atom. The van der Waals surface area contributed by atoms with Crippen LogP contribution in [-0.4, -0.2) is 11.9 Å². The van der Waals surface area contributed by atoms with E-state index in [0.717, 1.165) is 13.1 Å². The third-order valence-corrected chi connectivity index (χ3v) is 4.28. The van der Waals surface area contributed by atoms with Gasteiger partial charge in [0.05, 0.1) is 0 Å². The van der Waals surface area contributed by atoms with Gasteiger partial charge in [-0.25, -0.2) is 0 Å². The predicted molar refractivity (Wildman–Crippen MR) is 72.2 cm³/mol. The van der Waals surface area contributed by atoms with Crippen LogP contribution in [0.3, 0.4) is 0 Å². The second kappa shape index (κ2) is 4.55. The third kappa shape index (κ3) is 2.24. The first-order valence-electron chi connectivity index (χ1n) is 5.85. The zero-order valence-electron chi connectivity index (χ0n) is 9.89. The number of hydrogen-bond acceptors (Lipinski definition) is 2. The Bertz CT molecular complexity index is 488. The molecule has 0 amide bonds. The van der Waals surface area contributed by atoms with Gasteiger partial charge in [-0.15, -0.1) is 0 Å². The number of fused-ring (bicyclic) bond motifs is 2. The summed E-state index contributed by atoms with van der Waals surface area (Å²) in [6, 6.07) is 17.4. The van der Waals surface area contributed by atoms with E-state index in [1.807, 2.05) is 11.8 Å². The maximum atomic E-state index is 2.37. The van der Waals surface area contributed by atoms with Gasteiger partial charge in [0.15, 0.2) is 0 Å².